The van der Waals surface area contributed by atoms with E-state index in [0.29, 0.717) is 29.0 Å². The van der Waals surface area contributed by atoms with E-state index in [2.05, 4.69) is 4.99 Å². The fourth-order valence-corrected chi connectivity index (χ4v) is 2.95. The van der Waals surface area contributed by atoms with Crippen molar-refractivity contribution in [1.29, 1.82) is 0 Å². The third-order valence-corrected chi connectivity index (χ3v) is 4.02. The molecule has 1 aliphatic rings. The molecule has 96 valence electrons. The Bertz CT molecular complexity index is 503. The average molecular weight is 268 g/mol. The summed E-state index contributed by atoms with van der Waals surface area (Å²) in [6, 6.07) is 1.29. The molecule has 0 unspecified atom stereocenters. The number of hydrogen-bond acceptors (Lipinski definition) is 4. The third kappa shape index (κ3) is 1.88. The number of aromatic hydroxyl groups is 2. The lowest BCUT2D eigenvalue weighted by Gasteiger charge is -2.26. The standard InChI is InChI=1S/C13H14ClNO3/c1-8-9(14)6-10(17)12(18)11(8)13(15-7-16)4-2-3-5-13/h6,17-18H,2-5H2,1H3. The second-order valence-electron chi connectivity index (χ2n) is 4.67. The highest BCUT2D eigenvalue weighted by Crippen LogP contribution is 2.50. The van der Waals surface area contributed by atoms with Gasteiger partial charge in [0.2, 0.25) is 6.08 Å². The zero-order chi connectivity index (χ0) is 13.3. The number of phenols is 2. The number of halogens is 1. The molecule has 2 N–H and O–H groups in total. The summed E-state index contributed by atoms with van der Waals surface area (Å²) in [5.41, 5.74) is 0.305. The molecule has 1 aromatic carbocycles. The van der Waals surface area contributed by atoms with Crippen LogP contribution < -0.4 is 0 Å². The second kappa shape index (κ2) is 4.63. The molecule has 1 aliphatic carbocycles. The van der Waals surface area contributed by atoms with E-state index in [1.165, 1.54) is 6.07 Å². The highest BCUT2D eigenvalue weighted by molar-refractivity contribution is 6.31. The van der Waals surface area contributed by atoms with Gasteiger partial charge in [-0.1, -0.05) is 24.4 Å². The Hall–Kier alpha value is -1.51. The number of carbonyl (C=O) groups excluding carboxylic acids is 1. The lowest BCUT2D eigenvalue weighted by Crippen LogP contribution is -2.20. The molecule has 0 aliphatic heterocycles. The second-order valence-corrected chi connectivity index (χ2v) is 5.08. The van der Waals surface area contributed by atoms with E-state index in [-0.39, 0.29) is 11.5 Å². The number of nitrogens with zero attached hydrogens (tertiary/aromatic N) is 1. The molecule has 0 aromatic heterocycles. The largest absolute Gasteiger partial charge is 0.504 e. The van der Waals surface area contributed by atoms with Crippen molar-refractivity contribution in [3.05, 3.63) is 22.2 Å². The first-order chi connectivity index (χ1) is 8.52. The normalized spacial score (nSPS) is 17.4. The van der Waals surface area contributed by atoms with E-state index in [4.69, 9.17) is 11.6 Å². The van der Waals surface area contributed by atoms with Crippen LogP contribution in [0.2, 0.25) is 5.02 Å². The fourth-order valence-electron chi connectivity index (χ4n) is 2.76. The van der Waals surface area contributed by atoms with E-state index in [9.17, 15) is 15.0 Å². The highest BCUT2D eigenvalue weighted by Gasteiger charge is 2.40. The average Bonchev–Trinajstić information content (AvgIpc) is 2.77. The van der Waals surface area contributed by atoms with Crippen LogP contribution in [-0.2, 0) is 10.3 Å². The maximum atomic E-state index is 10.7. The minimum atomic E-state index is -0.793. The summed E-state index contributed by atoms with van der Waals surface area (Å²) >= 11 is 6.02. The molecular formula is C13H14ClNO3. The molecule has 18 heavy (non-hydrogen) atoms. The Kier molecular flexibility index (Phi) is 3.33. The summed E-state index contributed by atoms with van der Waals surface area (Å²) in [6.45, 7) is 1.75. The monoisotopic (exact) mass is 267 g/mol. The smallest absolute Gasteiger partial charge is 0.235 e. The molecule has 1 saturated carbocycles. The molecule has 0 spiro atoms. The Labute approximate surface area is 110 Å². The first-order valence-electron chi connectivity index (χ1n) is 5.82. The Balaban J connectivity index is 2.72. The van der Waals surface area contributed by atoms with Gasteiger partial charge in [-0.2, -0.15) is 4.99 Å². The quantitative estimate of drug-likeness (QED) is 0.491. The molecule has 5 heteroatoms. The topological polar surface area (TPSA) is 69.9 Å². The van der Waals surface area contributed by atoms with Crippen LogP contribution in [0.15, 0.2) is 11.1 Å². The summed E-state index contributed by atoms with van der Waals surface area (Å²) in [5, 5.41) is 20.1. The molecule has 0 atom stereocenters. The zero-order valence-electron chi connectivity index (χ0n) is 10.0. The van der Waals surface area contributed by atoms with E-state index in [1.807, 2.05) is 0 Å². The Morgan fingerprint density at radius 1 is 1.39 bits per heavy atom. The maximum Gasteiger partial charge on any atom is 0.235 e. The van der Waals surface area contributed by atoms with Crippen LogP contribution in [0, 0.1) is 6.92 Å². The Morgan fingerprint density at radius 2 is 2.00 bits per heavy atom. The summed E-state index contributed by atoms with van der Waals surface area (Å²) in [4.78, 5) is 14.6. The SMILES string of the molecule is Cc1c(Cl)cc(O)c(O)c1C1(N=C=O)CCCC1. The van der Waals surface area contributed by atoms with Crippen LogP contribution in [-0.4, -0.2) is 16.3 Å². The van der Waals surface area contributed by atoms with Gasteiger partial charge in [-0.3, -0.25) is 0 Å². The van der Waals surface area contributed by atoms with Crippen LogP contribution >= 0.6 is 11.6 Å². The molecule has 2 rings (SSSR count). The minimum Gasteiger partial charge on any atom is -0.504 e. The number of hydrogen-bond donors (Lipinski definition) is 2. The number of phenolic OH excluding ortho intramolecular Hbond substituents is 2. The van der Waals surface area contributed by atoms with Crippen molar-refractivity contribution >= 4 is 17.7 Å². The molecule has 0 saturated heterocycles. The van der Waals surface area contributed by atoms with E-state index in [0.717, 1.165) is 12.8 Å². The van der Waals surface area contributed by atoms with Crippen LogP contribution in [0.4, 0.5) is 0 Å². The van der Waals surface area contributed by atoms with Crippen molar-refractivity contribution in [1.82, 2.24) is 0 Å². The predicted molar refractivity (Wildman–Crippen MR) is 67.8 cm³/mol. The lowest BCUT2D eigenvalue weighted by atomic mass is 9.85. The summed E-state index contributed by atoms with van der Waals surface area (Å²) in [7, 11) is 0. The maximum absolute atomic E-state index is 10.7. The van der Waals surface area contributed by atoms with Gasteiger partial charge < -0.3 is 10.2 Å². The highest BCUT2D eigenvalue weighted by atomic mass is 35.5. The number of aliphatic imine (C=N–C) groups is 1. The van der Waals surface area contributed by atoms with Crippen LogP contribution in [0.1, 0.15) is 36.8 Å². The van der Waals surface area contributed by atoms with Crippen LogP contribution in [0.5, 0.6) is 11.5 Å². The zero-order valence-corrected chi connectivity index (χ0v) is 10.8. The van der Waals surface area contributed by atoms with Crippen molar-refractivity contribution in [2.45, 2.75) is 38.1 Å². The van der Waals surface area contributed by atoms with Crippen LogP contribution in [0.25, 0.3) is 0 Å². The van der Waals surface area contributed by atoms with Gasteiger partial charge in [-0.25, -0.2) is 4.79 Å². The molecule has 0 amide bonds. The summed E-state index contributed by atoms with van der Waals surface area (Å²) < 4.78 is 0. The van der Waals surface area contributed by atoms with E-state index >= 15 is 0 Å². The first-order valence-corrected chi connectivity index (χ1v) is 6.20. The van der Waals surface area contributed by atoms with Crippen molar-refractivity contribution in [3.63, 3.8) is 0 Å². The van der Waals surface area contributed by atoms with E-state index in [1.54, 1.807) is 13.0 Å². The van der Waals surface area contributed by atoms with Crippen LogP contribution in [0.3, 0.4) is 0 Å². The molecular weight excluding hydrogens is 254 g/mol. The van der Waals surface area contributed by atoms with Gasteiger partial charge in [0.1, 0.15) is 5.54 Å². The van der Waals surface area contributed by atoms with Crippen molar-refractivity contribution in [3.8, 4) is 11.5 Å². The van der Waals surface area contributed by atoms with Gasteiger partial charge in [-0.05, 0) is 25.3 Å². The molecule has 1 aromatic rings. The van der Waals surface area contributed by atoms with Crippen molar-refractivity contribution in [2.75, 3.05) is 0 Å². The van der Waals surface area contributed by atoms with Gasteiger partial charge in [0.25, 0.3) is 0 Å². The first kappa shape index (κ1) is 12.9. The fraction of sp³-hybridized carbons (Fsp3) is 0.462. The van der Waals surface area contributed by atoms with E-state index < -0.39 is 5.54 Å². The molecule has 0 bridgehead atoms. The molecule has 1 fully saturated rings. The number of isocyanates is 1. The van der Waals surface area contributed by atoms with Gasteiger partial charge >= 0.3 is 0 Å². The minimum absolute atomic E-state index is 0.238. The lowest BCUT2D eigenvalue weighted by molar-refractivity contribution is 0.372. The summed E-state index contributed by atoms with van der Waals surface area (Å²) in [6.07, 6.45) is 4.71. The van der Waals surface area contributed by atoms with Crippen molar-refractivity contribution in [2.24, 2.45) is 4.99 Å². The number of benzene rings is 1. The van der Waals surface area contributed by atoms with Gasteiger partial charge in [0.15, 0.2) is 11.5 Å². The molecule has 0 heterocycles. The molecule has 4 nitrogen and oxygen atoms in total. The van der Waals surface area contributed by atoms with Crippen molar-refractivity contribution < 1.29 is 15.0 Å². The Morgan fingerprint density at radius 3 is 2.56 bits per heavy atom. The summed E-state index contributed by atoms with van der Waals surface area (Å²) in [5.74, 6) is -0.522. The number of rotatable bonds is 2. The predicted octanol–water partition coefficient (Wildman–Crippen LogP) is 3.16. The van der Waals surface area contributed by atoms with Gasteiger partial charge in [-0.15, -0.1) is 0 Å². The van der Waals surface area contributed by atoms with Gasteiger partial charge in [0, 0.05) is 16.7 Å². The molecule has 0 radical (unpaired) electrons. The van der Waals surface area contributed by atoms with Gasteiger partial charge in [0.05, 0.1) is 0 Å². The third-order valence-electron chi connectivity index (χ3n) is 3.63.